The van der Waals surface area contributed by atoms with Crippen LogP contribution in [0.25, 0.3) is 0 Å². The largest absolute Gasteiger partial charge is 0.356 e. The van der Waals surface area contributed by atoms with Gasteiger partial charge in [-0.05, 0) is 32.1 Å². The van der Waals surface area contributed by atoms with Crippen molar-refractivity contribution in [1.29, 1.82) is 0 Å². The van der Waals surface area contributed by atoms with Gasteiger partial charge in [0.25, 0.3) is 11.1 Å². The molecule has 1 aliphatic rings. The lowest BCUT2D eigenvalue weighted by Gasteiger charge is -2.37. The fraction of sp³-hybridized carbons (Fsp3) is 0.680. The van der Waals surface area contributed by atoms with E-state index in [4.69, 9.17) is 0 Å². The van der Waals surface area contributed by atoms with Crippen LogP contribution >= 0.6 is 0 Å². The monoisotopic (exact) mass is 503 g/mol. The van der Waals surface area contributed by atoms with Crippen molar-refractivity contribution >= 4 is 17.6 Å². The maximum atomic E-state index is 13.1. The fourth-order valence-electron chi connectivity index (χ4n) is 5.21. The molecule has 0 aliphatic carbocycles. The fourth-order valence-corrected chi connectivity index (χ4v) is 5.21. The third kappa shape index (κ3) is 5.60. The predicted octanol–water partition coefficient (Wildman–Crippen LogP) is 1.03. The van der Waals surface area contributed by atoms with Gasteiger partial charge < -0.3 is 15.5 Å². The van der Waals surface area contributed by atoms with E-state index in [2.05, 4.69) is 20.6 Å². The van der Waals surface area contributed by atoms with Crippen molar-refractivity contribution in [1.82, 2.24) is 29.8 Å². The molecule has 0 radical (unpaired) electrons. The van der Waals surface area contributed by atoms with Gasteiger partial charge in [0.15, 0.2) is 0 Å². The van der Waals surface area contributed by atoms with Crippen LogP contribution in [-0.2, 0) is 43.8 Å². The molecule has 0 spiro atoms. The molecule has 0 aromatic carbocycles. The topological polar surface area (TPSA) is 126 Å². The van der Waals surface area contributed by atoms with Crippen molar-refractivity contribution < 1.29 is 9.59 Å². The Balaban J connectivity index is 1.68. The molecular formula is C25H41N7O4. The number of anilines is 1. The predicted molar refractivity (Wildman–Crippen MR) is 139 cm³/mol. The van der Waals surface area contributed by atoms with E-state index in [0.717, 1.165) is 37.4 Å². The van der Waals surface area contributed by atoms with Gasteiger partial charge in [-0.15, -0.1) is 0 Å². The summed E-state index contributed by atoms with van der Waals surface area (Å²) >= 11 is 0. The summed E-state index contributed by atoms with van der Waals surface area (Å²) in [4.78, 5) is 52.1. The first-order valence-electron chi connectivity index (χ1n) is 12.7. The SMILES string of the molecule is CCC(=O)NCc1c(N2CCCC(CC(C)(C)C(=O)NCc3c(C)n(C)n(C)c3=O)C2)n(C)[nH]c1=O. The number of nitrogens with zero attached hydrogens (tertiary/aromatic N) is 4. The van der Waals surface area contributed by atoms with Crippen LogP contribution in [0.3, 0.4) is 0 Å². The lowest BCUT2D eigenvalue weighted by Crippen LogP contribution is -2.43. The number of rotatable bonds is 9. The molecule has 2 aromatic rings. The number of carbonyl (C=O) groups excluding carboxylic acids is 2. The van der Waals surface area contributed by atoms with Crippen LogP contribution in [0.4, 0.5) is 5.82 Å². The minimum Gasteiger partial charge on any atom is -0.356 e. The summed E-state index contributed by atoms with van der Waals surface area (Å²) in [6.45, 7) is 9.45. The zero-order valence-electron chi connectivity index (χ0n) is 22.7. The number of piperidine rings is 1. The zero-order chi connectivity index (χ0) is 26.8. The van der Waals surface area contributed by atoms with Gasteiger partial charge in [0, 0.05) is 51.8 Å². The van der Waals surface area contributed by atoms with E-state index >= 15 is 0 Å². The van der Waals surface area contributed by atoms with Gasteiger partial charge in [0.2, 0.25) is 11.8 Å². The van der Waals surface area contributed by atoms with Crippen molar-refractivity contribution in [2.24, 2.45) is 32.5 Å². The first-order valence-corrected chi connectivity index (χ1v) is 12.7. The summed E-state index contributed by atoms with van der Waals surface area (Å²) in [5.41, 5.74) is 1.07. The van der Waals surface area contributed by atoms with Crippen molar-refractivity contribution in [2.75, 3.05) is 18.0 Å². The zero-order valence-corrected chi connectivity index (χ0v) is 22.7. The van der Waals surface area contributed by atoms with Gasteiger partial charge in [0.1, 0.15) is 5.82 Å². The minimum atomic E-state index is -0.621. The molecule has 1 unspecified atom stereocenters. The highest BCUT2D eigenvalue weighted by Crippen LogP contribution is 2.33. The van der Waals surface area contributed by atoms with Crippen molar-refractivity contribution in [3.63, 3.8) is 0 Å². The highest BCUT2D eigenvalue weighted by Gasteiger charge is 2.34. The summed E-state index contributed by atoms with van der Waals surface area (Å²) in [5.74, 6) is 0.867. The molecule has 3 rings (SSSR count). The number of nitrogens with one attached hydrogen (secondary N) is 3. The summed E-state index contributed by atoms with van der Waals surface area (Å²) in [6, 6.07) is 0. The lowest BCUT2D eigenvalue weighted by atomic mass is 9.79. The van der Waals surface area contributed by atoms with Gasteiger partial charge in [-0.3, -0.25) is 38.3 Å². The number of aryl methyl sites for hydroxylation is 1. The Bertz CT molecular complexity index is 1230. The highest BCUT2D eigenvalue weighted by molar-refractivity contribution is 5.81. The number of carbonyl (C=O) groups is 2. The molecule has 2 aromatic heterocycles. The van der Waals surface area contributed by atoms with E-state index in [-0.39, 0.29) is 41.9 Å². The summed E-state index contributed by atoms with van der Waals surface area (Å²) in [5, 5.41) is 8.61. The molecule has 0 saturated carbocycles. The molecule has 1 atom stereocenters. The Morgan fingerprint density at radius 3 is 2.33 bits per heavy atom. The average Bonchev–Trinajstić information content (AvgIpc) is 3.21. The normalized spacial score (nSPS) is 16.3. The van der Waals surface area contributed by atoms with Crippen LogP contribution in [0.5, 0.6) is 0 Å². The number of hydrogen-bond donors (Lipinski definition) is 3. The third-order valence-electron chi connectivity index (χ3n) is 7.50. The molecule has 3 N–H and O–H groups in total. The molecule has 36 heavy (non-hydrogen) atoms. The van der Waals surface area contributed by atoms with Gasteiger partial charge in [-0.2, -0.15) is 0 Å². The first kappa shape index (κ1) is 27.3. The van der Waals surface area contributed by atoms with Crippen molar-refractivity contribution in [3.05, 3.63) is 37.5 Å². The van der Waals surface area contributed by atoms with Gasteiger partial charge >= 0.3 is 0 Å². The quantitative estimate of drug-likeness (QED) is 0.471. The first-order chi connectivity index (χ1) is 16.9. The lowest BCUT2D eigenvalue weighted by molar-refractivity contribution is -0.130. The van der Waals surface area contributed by atoms with Gasteiger partial charge in [-0.1, -0.05) is 20.8 Å². The number of H-pyrrole nitrogens is 1. The molecular weight excluding hydrogens is 462 g/mol. The average molecular weight is 504 g/mol. The Morgan fingerprint density at radius 2 is 1.72 bits per heavy atom. The third-order valence-corrected chi connectivity index (χ3v) is 7.50. The molecule has 2 amide bonds. The Hall–Kier alpha value is -3.24. The second-order valence-electron chi connectivity index (χ2n) is 10.6. The van der Waals surface area contributed by atoms with Crippen LogP contribution in [0, 0.1) is 18.3 Å². The van der Waals surface area contributed by atoms with E-state index in [1.165, 1.54) is 4.68 Å². The molecule has 11 nitrogen and oxygen atoms in total. The van der Waals surface area contributed by atoms with Gasteiger partial charge in [0.05, 0.1) is 24.2 Å². The Morgan fingerprint density at radius 1 is 1.06 bits per heavy atom. The number of aromatic nitrogens is 4. The Labute approximate surface area is 211 Å². The Kier molecular flexibility index (Phi) is 8.20. The van der Waals surface area contributed by atoms with Gasteiger partial charge in [-0.25, -0.2) is 0 Å². The van der Waals surface area contributed by atoms with Crippen LogP contribution < -0.4 is 26.7 Å². The minimum absolute atomic E-state index is 0.0815. The van der Waals surface area contributed by atoms with Crippen molar-refractivity contribution in [3.8, 4) is 0 Å². The number of hydrogen-bond acceptors (Lipinski definition) is 5. The van der Waals surface area contributed by atoms with E-state index in [1.807, 2.05) is 27.8 Å². The van der Waals surface area contributed by atoms with E-state index in [0.29, 0.717) is 24.0 Å². The summed E-state index contributed by atoms with van der Waals surface area (Å²) in [7, 11) is 5.34. The van der Waals surface area contributed by atoms with E-state index in [9.17, 15) is 19.2 Å². The smallest absolute Gasteiger partial charge is 0.271 e. The second-order valence-corrected chi connectivity index (χ2v) is 10.6. The summed E-state index contributed by atoms with van der Waals surface area (Å²) in [6.07, 6.45) is 2.98. The van der Waals surface area contributed by atoms with E-state index in [1.54, 1.807) is 30.4 Å². The van der Waals surface area contributed by atoms with Crippen LogP contribution in [0.2, 0.25) is 0 Å². The van der Waals surface area contributed by atoms with E-state index < -0.39 is 5.41 Å². The van der Waals surface area contributed by atoms with Crippen LogP contribution in [0.1, 0.15) is 63.3 Å². The molecule has 3 heterocycles. The van der Waals surface area contributed by atoms with Crippen LogP contribution in [0.15, 0.2) is 9.59 Å². The van der Waals surface area contributed by atoms with Crippen LogP contribution in [-0.4, -0.2) is 44.0 Å². The second kappa shape index (κ2) is 10.8. The molecule has 11 heteroatoms. The standard InChI is InChI=1S/C25H41N7O4/c1-8-20(33)26-14-19-21(34)28-29(5)22(19)32-11-9-10-17(15-32)12-25(3,4)24(36)27-13-18-16(2)30(6)31(7)23(18)35/h17H,8-15H2,1-7H3,(H,26,33)(H,27,36)(H,28,34). The number of amides is 2. The maximum absolute atomic E-state index is 13.1. The summed E-state index contributed by atoms with van der Waals surface area (Å²) < 4.78 is 5.04. The molecule has 1 saturated heterocycles. The molecule has 0 bridgehead atoms. The maximum Gasteiger partial charge on any atom is 0.271 e. The molecule has 1 fully saturated rings. The van der Waals surface area contributed by atoms with Crippen molar-refractivity contribution in [2.45, 2.75) is 66.5 Å². The highest BCUT2D eigenvalue weighted by atomic mass is 16.2. The molecule has 200 valence electrons. The number of aromatic amines is 1. The molecule has 1 aliphatic heterocycles.